The van der Waals surface area contributed by atoms with E-state index in [0.717, 1.165) is 30.3 Å². The summed E-state index contributed by atoms with van der Waals surface area (Å²) in [5.74, 6) is 1.12. The standard InChI is InChI=1S/C16H21N3OS/c1-2-19(9-11-5-4-8-20-11)15-14-12-6-3-7-13(12)21-16(14)18-10-17-15/h10-11H,2-9H2,1H3. The Morgan fingerprint density at radius 1 is 1.33 bits per heavy atom. The van der Waals surface area contributed by atoms with E-state index in [-0.39, 0.29) is 0 Å². The minimum absolute atomic E-state index is 0.363. The van der Waals surface area contributed by atoms with Gasteiger partial charge in [-0.25, -0.2) is 9.97 Å². The molecule has 1 fully saturated rings. The molecule has 3 heterocycles. The molecule has 0 bridgehead atoms. The number of aromatic nitrogens is 2. The molecular formula is C16H21N3OS. The van der Waals surface area contributed by atoms with E-state index in [1.165, 1.54) is 47.9 Å². The molecule has 1 saturated heterocycles. The molecule has 0 radical (unpaired) electrons. The number of anilines is 1. The van der Waals surface area contributed by atoms with Crippen LogP contribution in [0.5, 0.6) is 0 Å². The first kappa shape index (κ1) is 13.5. The molecule has 5 heteroatoms. The first-order chi connectivity index (χ1) is 10.4. The van der Waals surface area contributed by atoms with Gasteiger partial charge in [0, 0.05) is 24.6 Å². The van der Waals surface area contributed by atoms with Gasteiger partial charge in [-0.1, -0.05) is 0 Å². The van der Waals surface area contributed by atoms with Gasteiger partial charge < -0.3 is 9.64 Å². The first-order valence-corrected chi connectivity index (χ1v) is 8.80. The van der Waals surface area contributed by atoms with E-state index in [0.29, 0.717) is 6.10 Å². The lowest BCUT2D eigenvalue weighted by molar-refractivity contribution is 0.115. The monoisotopic (exact) mass is 303 g/mol. The highest BCUT2D eigenvalue weighted by atomic mass is 32.1. The molecule has 112 valence electrons. The summed E-state index contributed by atoms with van der Waals surface area (Å²) in [6.45, 7) is 5.04. The van der Waals surface area contributed by atoms with Crippen molar-refractivity contribution in [3.63, 3.8) is 0 Å². The summed E-state index contributed by atoms with van der Waals surface area (Å²) in [7, 11) is 0. The lowest BCUT2D eigenvalue weighted by Crippen LogP contribution is -2.32. The van der Waals surface area contributed by atoms with E-state index < -0.39 is 0 Å². The molecule has 0 aromatic carbocycles. The van der Waals surface area contributed by atoms with Crippen molar-refractivity contribution in [2.24, 2.45) is 0 Å². The first-order valence-electron chi connectivity index (χ1n) is 7.98. The Morgan fingerprint density at radius 2 is 2.29 bits per heavy atom. The average Bonchev–Trinajstić information content (AvgIpc) is 3.20. The smallest absolute Gasteiger partial charge is 0.141 e. The number of ether oxygens (including phenoxy) is 1. The molecule has 1 aliphatic carbocycles. The summed E-state index contributed by atoms with van der Waals surface area (Å²) in [5.41, 5.74) is 1.51. The molecule has 4 rings (SSSR count). The Labute approximate surface area is 129 Å². The summed E-state index contributed by atoms with van der Waals surface area (Å²) in [6.07, 6.45) is 8.13. The molecule has 2 aromatic rings. The normalized spacial score (nSPS) is 21.1. The number of aryl methyl sites for hydroxylation is 2. The minimum Gasteiger partial charge on any atom is -0.376 e. The van der Waals surface area contributed by atoms with E-state index in [2.05, 4.69) is 21.8 Å². The maximum Gasteiger partial charge on any atom is 0.141 e. The van der Waals surface area contributed by atoms with Gasteiger partial charge in [-0.2, -0.15) is 0 Å². The van der Waals surface area contributed by atoms with Gasteiger partial charge in [0.1, 0.15) is 17.0 Å². The van der Waals surface area contributed by atoms with Crippen LogP contribution in [-0.4, -0.2) is 35.8 Å². The molecular weight excluding hydrogens is 282 g/mol. The second-order valence-electron chi connectivity index (χ2n) is 5.91. The van der Waals surface area contributed by atoms with Gasteiger partial charge in [-0.05, 0) is 44.6 Å². The van der Waals surface area contributed by atoms with E-state index in [4.69, 9.17) is 4.74 Å². The van der Waals surface area contributed by atoms with Crippen molar-refractivity contribution >= 4 is 27.4 Å². The molecule has 21 heavy (non-hydrogen) atoms. The molecule has 4 nitrogen and oxygen atoms in total. The van der Waals surface area contributed by atoms with Crippen LogP contribution in [0, 0.1) is 0 Å². The fourth-order valence-corrected chi connectivity index (χ4v) is 4.77. The summed E-state index contributed by atoms with van der Waals surface area (Å²) >= 11 is 1.86. The zero-order chi connectivity index (χ0) is 14.2. The highest BCUT2D eigenvalue weighted by Crippen LogP contribution is 2.40. The van der Waals surface area contributed by atoms with Crippen LogP contribution in [0.3, 0.4) is 0 Å². The van der Waals surface area contributed by atoms with Crippen LogP contribution in [0.2, 0.25) is 0 Å². The summed E-state index contributed by atoms with van der Waals surface area (Å²) < 4.78 is 5.81. The Hall–Kier alpha value is -1.20. The average molecular weight is 303 g/mol. The number of hydrogen-bond acceptors (Lipinski definition) is 5. The van der Waals surface area contributed by atoms with Gasteiger partial charge in [0.15, 0.2) is 0 Å². The lowest BCUT2D eigenvalue weighted by Gasteiger charge is -2.25. The second kappa shape index (κ2) is 5.54. The van der Waals surface area contributed by atoms with Crippen LogP contribution >= 0.6 is 11.3 Å². The summed E-state index contributed by atoms with van der Waals surface area (Å²) in [4.78, 5) is 14.2. The Bertz CT molecular complexity index is 648. The maximum absolute atomic E-state index is 5.81. The third-order valence-electron chi connectivity index (χ3n) is 4.61. The van der Waals surface area contributed by atoms with Gasteiger partial charge >= 0.3 is 0 Å². The predicted octanol–water partition coefficient (Wildman–Crippen LogP) is 3.19. The predicted molar refractivity (Wildman–Crippen MR) is 86.3 cm³/mol. The van der Waals surface area contributed by atoms with E-state index in [1.54, 1.807) is 6.33 Å². The van der Waals surface area contributed by atoms with Crippen molar-refractivity contribution in [2.75, 3.05) is 24.6 Å². The van der Waals surface area contributed by atoms with Gasteiger partial charge in [0.05, 0.1) is 11.5 Å². The fraction of sp³-hybridized carbons (Fsp3) is 0.625. The lowest BCUT2D eigenvalue weighted by atomic mass is 10.1. The Morgan fingerprint density at radius 3 is 3.10 bits per heavy atom. The van der Waals surface area contributed by atoms with E-state index in [9.17, 15) is 0 Å². The topological polar surface area (TPSA) is 38.2 Å². The van der Waals surface area contributed by atoms with Crippen molar-refractivity contribution in [3.05, 3.63) is 16.8 Å². The summed E-state index contributed by atoms with van der Waals surface area (Å²) in [5, 5.41) is 1.31. The molecule has 2 aliphatic rings. The highest BCUT2D eigenvalue weighted by Gasteiger charge is 2.25. The molecule has 1 unspecified atom stereocenters. The van der Waals surface area contributed by atoms with Crippen molar-refractivity contribution in [2.45, 2.75) is 45.1 Å². The van der Waals surface area contributed by atoms with Gasteiger partial charge in [0.2, 0.25) is 0 Å². The highest BCUT2D eigenvalue weighted by molar-refractivity contribution is 7.19. The van der Waals surface area contributed by atoms with Gasteiger partial charge in [-0.3, -0.25) is 0 Å². The van der Waals surface area contributed by atoms with Crippen molar-refractivity contribution in [1.82, 2.24) is 9.97 Å². The molecule has 0 N–H and O–H groups in total. The number of thiophene rings is 1. The van der Waals surface area contributed by atoms with Crippen molar-refractivity contribution < 1.29 is 4.74 Å². The van der Waals surface area contributed by atoms with Crippen molar-refractivity contribution in [3.8, 4) is 0 Å². The zero-order valence-electron chi connectivity index (χ0n) is 12.5. The largest absolute Gasteiger partial charge is 0.376 e. The van der Waals surface area contributed by atoms with Crippen LogP contribution in [0.25, 0.3) is 10.2 Å². The third-order valence-corrected chi connectivity index (χ3v) is 5.81. The minimum atomic E-state index is 0.363. The molecule has 0 saturated carbocycles. The molecule has 0 amide bonds. The number of nitrogens with zero attached hydrogens (tertiary/aromatic N) is 3. The van der Waals surface area contributed by atoms with Crippen LogP contribution in [-0.2, 0) is 17.6 Å². The van der Waals surface area contributed by atoms with Crippen LogP contribution in [0.15, 0.2) is 6.33 Å². The third kappa shape index (κ3) is 2.32. The van der Waals surface area contributed by atoms with E-state index in [1.807, 2.05) is 11.3 Å². The Balaban J connectivity index is 1.73. The van der Waals surface area contributed by atoms with E-state index >= 15 is 0 Å². The molecule has 0 spiro atoms. The van der Waals surface area contributed by atoms with Gasteiger partial charge in [-0.15, -0.1) is 11.3 Å². The van der Waals surface area contributed by atoms with Crippen molar-refractivity contribution in [1.29, 1.82) is 0 Å². The van der Waals surface area contributed by atoms with Crippen LogP contribution in [0.4, 0.5) is 5.82 Å². The van der Waals surface area contributed by atoms with Crippen LogP contribution < -0.4 is 4.90 Å². The zero-order valence-corrected chi connectivity index (χ0v) is 13.3. The number of hydrogen-bond donors (Lipinski definition) is 0. The molecule has 1 aliphatic heterocycles. The quantitative estimate of drug-likeness (QED) is 0.869. The summed E-state index contributed by atoms with van der Waals surface area (Å²) in [6, 6.07) is 0. The molecule has 1 atom stereocenters. The van der Waals surface area contributed by atoms with Crippen LogP contribution in [0.1, 0.15) is 36.6 Å². The number of likely N-dealkylation sites (N-methyl/N-ethyl adjacent to an activating group) is 1. The fourth-order valence-electron chi connectivity index (χ4n) is 3.55. The maximum atomic E-state index is 5.81. The van der Waals surface area contributed by atoms with Gasteiger partial charge in [0.25, 0.3) is 0 Å². The number of fused-ring (bicyclic) bond motifs is 3. The number of rotatable bonds is 4. The molecule has 2 aromatic heterocycles. The SMILES string of the molecule is CCN(CC1CCCO1)c1ncnc2sc3c(c12)CCC3. The second-order valence-corrected chi connectivity index (χ2v) is 6.99. The Kier molecular flexibility index (Phi) is 3.55.